The third-order valence-electron chi connectivity index (χ3n) is 1.93. The molecule has 2 aromatic rings. The molecule has 13 heavy (non-hydrogen) atoms. The Kier molecular flexibility index (Phi) is 2.06. The van der Waals surface area contributed by atoms with E-state index >= 15 is 0 Å². The van der Waals surface area contributed by atoms with Crippen LogP contribution in [-0.4, -0.2) is 10.2 Å². The van der Waals surface area contributed by atoms with Gasteiger partial charge in [0.1, 0.15) is 11.5 Å². The molecule has 0 unspecified atom stereocenters. The molecule has 0 radical (unpaired) electrons. The number of halogens is 1. The van der Waals surface area contributed by atoms with E-state index in [1.807, 2.05) is 0 Å². The maximum Gasteiger partial charge on any atom is 0.134 e. The van der Waals surface area contributed by atoms with E-state index in [-0.39, 0.29) is 17.4 Å². The average Bonchev–Trinajstić information content (AvgIpc) is 2.48. The monoisotopic (exact) mass is 214 g/mol. The second-order valence-electron chi connectivity index (χ2n) is 2.69. The fourth-order valence-corrected chi connectivity index (χ4v) is 2.59. The first-order chi connectivity index (χ1) is 6.24. The van der Waals surface area contributed by atoms with E-state index in [4.69, 9.17) is 11.6 Å². The molecule has 0 bridgehead atoms. The van der Waals surface area contributed by atoms with E-state index in [9.17, 15) is 10.2 Å². The minimum absolute atomic E-state index is 0.185. The van der Waals surface area contributed by atoms with Crippen LogP contribution in [-0.2, 0) is 5.88 Å². The summed E-state index contributed by atoms with van der Waals surface area (Å²) in [5, 5.41) is 21.3. The third kappa shape index (κ3) is 1.24. The van der Waals surface area contributed by atoms with Crippen LogP contribution in [0.15, 0.2) is 17.5 Å². The largest absolute Gasteiger partial charge is 0.508 e. The lowest BCUT2D eigenvalue weighted by molar-refractivity contribution is 0.471. The number of fused-ring (bicyclic) bond motifs is 1. The minimum atomic E-state index is 0.185. The quantitative estimate of drug-likeness (QED) is 0.717. The molecule has 0 atom stereocenters. The van der Waals surface area contributed by atoms with E-state index in [0.717, 1.165) is 10.1 Å². The van der Waals surface area contributed by atoms with Gasteiger partial charge in [-0.1, -0.05) is 0 Å². The molecule has 0 aliphatic rings. The topological polar surface area (TPSA) is 40.5 Å². The van der Waals surface area contributed by atoms with Crippen LogP contribution in [0.4, 0.5) is 0 Å². The Morgan fingerprint density at radius 2 is 2.00 bits per heavy atom. The van der Waals surface area contributed by atoms with Crippen molar-refractivity contribution in [3.05, 3.63) is 23.1 Å². The first-order valence-electron chi connectivity index (χ1n) is 3.71. The lowest BCUT2D eigenvalue weighted by Crippen LogP contribution is -1.79. The van der Waals surface area contributed by atoms with Gasteiger partial charge in [-0.2, -0.15) is 0 Å². The maximum atomic E-state index is 9.46. The Balaban J connectivity index is 2.85. The number of phenolic OH excluding ortho intramolecular Hbond substituents is 1. The molecule has 0 aliphatic carbocycles. The molecule has 2 N–H and O–H groups in total. The summed E-state index contributed by atoms with van der Waals surface area (Å²) in [5.74, 6) is 0.680. The summed E-state index contributed by atoms with van der Waals surface area (Å²) < 4.78 is 0.854. The average molecular weight is 215 g/mol. The van der Waals surface area contributed by atoms with Crippen molar-refractivity contribution in [3.8, 4) is 11.5 Å². The van der Waals surface area contributed by atoms with Crippen molar-refractivity contribution in [2.45, 2.75) is 5.88 Å². The molecule has 0 aliphatic heterocycles. The Hall–Kier alpha value is -0.930. The summed E-state index contributed by atoms with van der Waals surface area (Å²) >= 11 is 7.07. The van der Waals surface area contributed by atoms with Crippen LogP contribution in [0.25, 0.3) is 10.1 Å². The maximum absolute atomic E-state index is 9.46. The van der Waals surface area contributed by atoms with Crippen LogP contribution in [0.2, 0.25) is 0 Å². The van der Waals surface area contributed by atoms with Crippen LogP contribution in [0.3, 0.4) is 0 Å². The molecule has 1 aromatic carbocycles. The van der Waals surface area contributed by atoms with E-state index in [0.29, 0.717) is 5.56 Å². The fourth-order valence-electron chi connectivity index (χ4n) is 1.26. The molecule has 0 amide bonds. The number of hydrogen-bond acceptors (Lipinski definition) is 3. The Morgan fingerprint density at radius 3 is 2.69 bits per heavy atom. The normalized spacial score (nSPS) is 10.8. The number of alkyl halides is 1. The van der Waals surface area contributed by atoms with Crippen molar-refractivity contribution in [1.82, 2.24) is 0 Å². The zero-order valence-electron chi connectivity index (χ0n) is 6.62. The highest BCUT2D eigenvalue weighted by Gasteiger charge is 2.10. The van der Waals surface area contributed by atoms with Gasteiger partial charge in [0.15, 0.2) is 0 Å². The van der Waals surface area contributed by atoms with Crippen LogP contribution in [0, 0.1) is 0 Å². The SMILES string of the molecule is Oc1ccc2c(O)csc2c1CCl. The van der Waals surface area contributed by atoms with Crippen LogP contribution < -0.4 is 0 Å². The van der Waals surface area contributed by atoms with Crippen LogP contribution in [0.1, 0.15) is 5.56 Å². The van der Waals surface area contributed by atoms with Gasteiger partial charge in [0.2, 0.25) is 0 Å². The van der Waals surface area contributed by atoms with Gasteiger partial charge in [-0.25, -0.2) is 0 Å². The summed E-state index contributed by atoms with van der Waals surface area (Å²) in [7, 11) is 0. The highest BCUT2D eigenvalue weighted by Crippen LogP contribution is 2.37. The number of benzene rings is 1. The number of hydrogen-bond donors (Lipinski definition) is 2. The lowest BCUT2D eigenvalue weighted by atomic mass is 10.1. The predicted octanol–water partition coefficient (Wildman–Crippen LogP) is 3.05. The molecule has 0 saturated heterocycles. The molecule has 2 nitrogen and oxygen atoms in total. The predicted molar refractivity (Wildman–Crippen MR) is 54.7 cm³/mol. The lowest BCUT2D eigenvalue weighted by Gasteiger charge is -2.01. The zero-order chi connectivity index (χ0) is 9.42. The summed E-state index contributed by atoms with van der Waals surface area (Å²) in [6.07, 6.45) is 0. The van der Waals surface area contributed by atoms with Gasteiger partial charge in [0.05, 0.1) is 5.88 Å². The van der Waals surface area contributed by atoms with Crippen molar-refractivity contribution in [2.75, 3.05) is 0 Å². The molecule has 68 valence electrons. The Morgan fingerprint density at radius 1 is 1.23 bits per heavy atom. The van der Waals surface area contributed by atoms with Gasteiger partial charge in [0.25, 0.3) is 0 Å². The Bertz CT molecular complexity index is 450. The first-order valence-corrected chi connectivity index (χ1v) is 5.12. The molecule has 0 fully saturated rings. The molecular weight excluding hydrogens is 208 g/mol. The van der Waals surface area contributed by atoms with E-state index < -0.39 is 0 Å². The van der Waals surface area contributed by atoms with Gasteiger partial charge in [-0.05, 0) is 12.1 Å². The van der Waals surface area contributed by atoms with Crippen molar-refractivity contribution >= 4 is 33.0 Å². The summed E-state index contributed by atoms with van der Waals surface area (Å²) in [4.78, 5) is 0. The van der Waals surface area contributed by atoms with Crippen molar-refractivity contribution in [3.63, 3.8) is 0 Å². The smallest absolute Gasteiger partial charge is 0.134 e. The van der Waals surface area contributed by atoms with E-state index in [1.165, 1.54) is 11.3 Å². The Labute approximate surface area is 84.0 Å². The van der Waals surface area contributed by atoms with Crippen molar-refractivity contribution in [2.24, 2.45) is 0 Å². The van der Waals surface area contributed by atoms with Gasteiger partial charge >= 0.3 is 0 Å². The highest BCUT2D eigenvalue weighted by atomic mass is 35.5. The molecule has 1 heterocycles. The molecule has 4 heteroatoms. The highest BCUT2D eigenvalue weighted by molar-refractivity contribution is 7.17. The molecule has 1 aromatic heterocycles. The van der Waals surface area contributed by atoms with Gasteiger partial charge in [-0.3, -0.25) is 0 Å². The van der Waals surface area contributed by atoms with E-state index in [1.54, 1.807) is 17.5 Å². The third-order valence-corrected chi connectivity index (χ3v) is 3.24. The zero-order valence-corrected chi connectivity index (χ0v) is 8.19. The van der Waals surface area contributed by atoms with Crippen LogP contribution >= 0.6 is 22.9 Å². The molecule has 0 spiro atoms. The summed E-state index contributed by atoms with van der Waals surface area (Å²) in [6, 6.07) is 3.24. The summed E-state index contributed by atoms with van der Waals surface area (Å²) in [6.45, 7) is 0. The number of rotatable bonds is 1. The van der Waals surface area contributed by atoms with E-state index in [2.05, 4.69) is 0 Å². The molecule has 2 rings (SSSR count). The van der Waals surface area contributed by atoms with Crippen molar-refractivity contribution in [1.29, 1.82) is 0 Å². The number of thiophene rings is 1. The second kappa shape index (κ2) is 3.09. The van der Waals surface area contributed by atoms with Crippen LogP contribution in [0.5, 0.6) is 11.5 Å². The number of phenols is 1. The van der Waals surface area contributed by atoms with Crippen molar-refractivity contribution < 1.29 is 10.2 Å². The number of aromatic hydroxyl groups is 2. The fraction of sp³-hybridized carbons (Fsp3) is 0.111. The summed E-state index contributed by atoms with van der Waals surface area (Å²) in [5.41, 5.74) is 0.685. The van der Waals surface area contributed by atoms with Gasteiger partial charge in [0, 0.05) is 21.0 Å². The van der Waals surface area contributed by atoms with Gasteiger partial charge in [-0.15, -0.1) is 22.9 Å². The first kappa shape index (κ1) is 8.66. The second-order valence-corrected chi connectivity index (χ2v) is 3.84. The minimum Gasteiger partial charge on any atom is -0.508 e. The molecule has 0 saturated carbocycles. The van der Waals surface area contributed by atoms with Gasteiger partial charge < -0.3 is 10.2 Å². The standard InChI is InChI=1S/C9H7ClO2S/c10-3-6-7(11)2-1-5-8(12)4-13-9(5)6/h1-2,4,11-12H,3H2. The molecular formula is C9H7ClO2S.